The van der Waals surface area contributed by atoms with Gasteiger partial charge in [0.15, 0.2) is 0 Å². The van der Waals surface area contributed by atoms with Crippen LogP contribution in [-0.2, 0) is 27.5 Å². The second-order valence-electron chi connectivity index (χ2n) is 6.19. The molecule has 0 unspecified atom stereocenters. The molecule has 8 nitrogen and oxygen atoms in total. The molecule has 1 heterocycles. The van der Waals surface area contributed by atoms with Crippen LogP contribution in [0.5, 0.6) is 0 Å². The zero-order chi connectivity index (χ0) is 17.7. The van der Waals surface area contributed by atoms with Crippen molar-refractivity contribution in [1.29, 1.82) is 0 Å². The van der Waals surface area contributed by atoms with Crippen molar-refractivity contribution in [2.45, 2.75) is 39.5 Å². The van der Waals surface area contributed by atoms with Crippen molar-refractivity contribution in [2.24, 2.45) is 0 Å². The number of nitrogens with zero attached hydrogens (tertiary/aromatic N) is 2. The predicted octanol–water partition coefficient (Wildman–Crippen LogP) is 1.74. The first-order chi connectivity index (χ1) is 11.3. The summed E-state index contributed by atoms with van der Waals surface area (Å²) in [6.07, 6.45) is -0.539. The van der Waals surface area contributed by atoms with E-state index < -0.39 is 11.7 Å². The number of carbonyl (C=O) groups is 2. The molecular weight excluding hydrogens is 312 g/mol. The lowest BCUT2D eigenvalue weighted by Gasteiger charge is -2.19. The van der Waals surface area contributed by atoms with Gasteiger partial charge in [0.25, 0.3) is 5.91 Å². The average Bonchev–Trinajstić information content (AvgIpc) is 2.82. The lowest BCUT2D eigenvalue weighted by molar-refractivity contribution is -0.131. The van der Waals surface area contributed by atoms with Crippen molar-refractivity contribution in [3.8, 4) is 0 Å². The fourth-order valence-corrected chi connectivity index (χ4v) is 2.19. The third-order valence-corrected chi connectivity index (χ3v) is 3.04. The average molecular weight is 334 g/mol. The third kappa shape index (κ3) is 4.69. The van der Waals surface area contributed by atoms with E-state index in [9.17, 15) is 9.59 Å². The van der Waals surface area contributed by atoms with Gasteiger partial charge in [0.05, 0.1) is 24.7 Å². The van der Waals surface area contributed by atoms with Crippen LogP contribution in [-0.4, -0.2) is 34.3 Å². The molecule has 0 spiro atoms. The van der Waals surface area contributed by atoms with E-state index in [0.717, 1.165) is 11.0 Å². The van der Waals surface area contributed by atoms with Crippen LogP contribution in [0.25, 0.3) is 11.0 Å². The topological polar surface area (TPSA) is 94.5 Å². The number of fused-ring (bicyclic) bond motifs is 1. The summed E-state index contributed by atoms with van der Waals surface area (Å²) in [5.41, 5.74) is 3.23. The molecule has 1 aromatic carbocycles. The third-order valence-electron chi connectivity index (χ3n) is 3.04. The Hall–Kier alpha value is -2.61. The summed E-state index contributed by atoms with van der Waals surface area (Å²) in [6, 6.07) is 7.43. The van der Waals surface area contributed by atoms with E-state index in [1.165, 1.54) is 7.11 Å². The Morgan fingerprint density at radius 1 is 1.25 bits per heavy atom. The van der Waals surface area contributed by atoms with Gasteiger partial charge in [-0.15, -0.1) is 0 Å². The predicted molar refractivity (Wildman–Crippen MR) is 88.0 cm³/mol. The normalized spacial score (nSPS) is 11.3. The van der Waals surface area contributed by atoms with Crippen molar-refractivity contribution >= 4 is 23.0 Å². The molecule has 2 rings (SSSR count). The van der Waals surface area contributed by atoms with Gasteiger partial charge in [-0.05, 0) is 32.9 Å². The minimum absolute atomic E-state index is 0.0275. The molecular formula is C16H22N4O4. The first-order valence-electron chi connectivity index (χ1n) is 7.53. The van der Waals surface area contributed by atoms with Crippen molar-refractivity contribution < 1.29 is 19.2 Å². The van der Waals surface area contributed by atoms with Crippen molar-refractivity contribution in [2.75, 3.05) is 7.11 Å². The molecule has 0 bridgehead atoms. The van der Waals surface area contributed by atoms with Crippen molar-refractivity contribution in [3.63, 3.8) is 0 Å². The van der Waals surface area contributed by atoms with Crippen LogP contribution in [0.4, 0.5) is 4.79 Å². The fourth-order valence-electron chi connectivity index (χ4n) is 2.19. The molecule has 0 aliphatic rings. The number of para-hydroxylation sites is 2. The van der Waals surface area contributed by atoms with Crippen LogP contribution >= 0.6 is 0 Å². The van der Waals surface area contributed by atoms with Gasteiger partial charge in [-0.2, -0.15) is 0 Å². The number of hydroxylamine groups is 1. The highest BCUT2D eigenvalue weighted by Gasteiger charge is 2.18. The summed E-state index contributed by atoms with van der Waals surface area (Å²) in [5, 5.41) is 2.65. The standard InChI is InChI=1S/C16H22N4O4/c1-16(2,3)24-15(22)17-9-13-18-11-7-5-6-8-12(11)20(13)10-14(21)19-23-4/h5-8H,9-10H2,1-4H3,(H,17,22)(H,19,21). The molecule has 8 heteroatoms. The zero-order valence-corrected chi connectivity index (χ0v) is 14.3. The van der Waals surface area contributed by atoms with Crippen molar-refractivity contribution in [1.82, 2.24) is 20.3 Å². The molecule has 0 fully saturated rings. The number of amides is 2. The Morgan fingerprint density at radius 3 is 2.62 bits per heavy atom. The number of benzene rings is 1. The van der Waals surface area contributed by atoms with Gasteiger partial charge in [0.2, 0.25) is 0 Å². The number of rotatable bonds is 5. The smallest absolute Gasteiger partial charge is 0.408 e. The lowest BCUT2D eigenvalue weighted by Crippen LogP contribution is -2.33. The maximum atomic E-state index is 11.8. The highest BCUT2D eigenvalue weighted by molar-refractivity contribution is 5.80. The Kier molecular flexibility index (Phi) is 5.40. The molecule has 24 heavy (non-hydrogen) atoms. The SMILES string of the molecule is CONC(=O)Cn1c(CNC(=O)OC(C)(C)C)nc2ccccc21. The number of hydrogen-bond acceptors (Lipinski definition) is 5. The van der Waals surface area contributed by atoms with E-state index in [1.807, 2.05) is 24.3 Å². The second-order valence-corrected chi connectivity index (χ2v) is 6.19. The summed E-state index contributed by atoms with van der Waals surface area (Å²) in [5.74, 6) is 0.229. The van der Waals surface area contributed by atoms with E-state index >= 15 is 0 Å². The Balaban J connectivity index is 2.19. The number of aromatic nitrogens is 2. The van der Waals surface area contributed by atoms with Gasteiger partial charge < -0.3 is 14.6 Å². The van der Waals surface area contributed by atoms with Crippen LogP contribution in [0.1, 0.15) is 26.6 Å². The first kappa shape index (κ1) is 17.7. The zero-order valence-electron chi connectivity index (χ0n) is 14.3. The number of alkyl carbamates (subject to hydrolysis) is 1. The van der Waals surface area contributed by atoms with E-state index in [-0.39, 0.29) is 19.0 Å². The monoisotopic (exact) mass is 334 g/mol. The van der Waals surface area contributed by atoms with Crippen molar-refractivity contribution in [3.05, 3.63) is 30.1 Å². The van der Waals surface area contributed by atoms with Crippen LogP contribution in [0, 0.1) is 0 Å². The van der Waals surface area contributed by atoms with Gasteiger partial charge in [-0.25, -0.2) is 15.3 Å². The molecule has 2 amide bonds. The summed E-state index contributed by atoms with van der Waals surface area (Å²) in [4.78, 5) is 32.7. The Morgan fingerprint density at radius 2 is 1.96 bits per heavy atom. The molecule has 1 aromatic heterocycles. The maximum Gasteiger partial charge on any atom is 0.408 e. The van der Waals surface area contributed by atoms with Gasteiger partial charge in [-0.3, -0.25) is 9.63 Å². The minimum atomic E-state index is -0.581. The van der Waals surface area contributed by atoms with Crippen LogP contribution < -0.4 is 10.8 Å². The Labute approximate surface area is 140 Å². The summed E-state index contributed by atoms with van der Waals surface area (Å²) >= 11 is 0. The number of nitrogens with one attached hydrogen (secondary N) is 2. The van der Waals surface area contributed by atoms with E-state index in [4.69, 9.17) is 4.74 Å². The highest BCUT2D eigenvalue weighted by atomic mass is 16.6. The summed E-state index contributed by atoms with van der Waals surface area (Å²) in [7, 11) is 1.37. The lowest BCUT2D eigenvalue weighted by atomic mass is 10.2. The maximum absolute atomic E-state index is 11.8. The minimum Gasteiger partial charge on any atom is -0.444 e. The van der Waals surface area contributed by atoms with E-state index in [0.29, 0.717) is 5.82 Å². The molecule has 0 saturated heterocycles. The van der Waals surface area contributed by atoms with Gasteiger partial charge in [0.1, 0.15) is 18.0 Å². The molecule has 0 aliphatic carbocycles. The molecule has 2 N–H and O–H groups in total. The van der Waals surface area contributed by atoms with Gasteiger partial charge in [0, 0.05) is 0 Å². The first-order valence-corrected chi connectivity index (χ1v) is 7.53. The molecule has 0 aliphatic heterocycles. The highest BCUT2D eigenvalue weighted by Crippen LogP contribution is 2.16. The number of imidazole rings is 1. The van der Waals surface area contributed by atoms with Gasteiger partial charge in [-0.1, -0.05) is 12.1 Å². The number of carbonyl (C=O) groups excluding carboxylic acids is 2. The van der Waals surface area contributed by atoms with Crippen LogP contribution in [0.3, 0.4) is 0 Å². The largest absolute Gasteiger partial charge is 0.444 e. The van der Waals surface area contributed by atoms with E-state index in [2.05, 4.69) is 20.6 Å². The molecule has 2 aromatic rings. The molecule has 0 atom stereocenters. The number of hydrogen-bond donors (Lipinski definition) is 2. The van der Waals surface area contributed by atoms with E-state index in [1.54, 1.807) is 25.3 Å². The fraction of sp³-hybridized carbons (Fsp3) is 0.438. The molecule has 0 radical (unpaired) electrons. The summed E-state index contributed by atoms with van der Waals surface area (Å²) < 4.78 is 6.93. The van der Waals surface area contributed by atoms with Gasteiger partial charge >= 0.3 is 6.09 Å². The van der Waals surface area contributed by atoms with Crippen LogP contribution in [0.15, 0.2) is 24.3 Å². The molecule has 130 valence electrons. The quantitative estimate of drug-likeness (QED) is 0.812. The van der Waals surface area contributed by atoms with Crippen LogP contribution in [0.2, 0.25) is 0 Å². The molecule has 0 saturated carbocycles. The Bertz CT molecular complexity index is 733. The number of ether oxygens (including phenoxy) is 1. The second kappa shape index (κ2) is 7.31. The summed E-state index contributed by atoms with van der Waals surface area (Å²) in [6.45, 7) is 5.54.